The molecule has 0 saturated carbocycles. The first kappa shape index (κ1) is 13.6. The molecule has 2 rings (SSSR count). The highest BCUT2D eigenvalue weighted by Crippen LogP contribution is 2.30. The maximum absolute atomic E-state index is 13.5. The maximum atomic E-state index is 13.5. The number of benzene rings is 1. The minimum Gasteiger partial charge on any atom is -0.372 e. The van der Waals surface area contributed by atoms with E-state index in [2.05, 4.69) is 36.5 Å². The molecular formula is C11H8BrF3N4. The summed E-state index contributed by atoms with van der Waals surface area (Å²) in [5.41, 5.74) is -0.483. The number of anilines is 3. The summed E-state index contributed by atoms with van der Waals surface area (Å²) in [6, 6.07) is 1.17. The molecule has 8 heteroatoms. The van der Waals surface area contributed by atoms with Crippen molar-refractivity contribution in [2.45, 2.75) is 0 Å². The van der Waals surface area contributed by atoms with Crippen molar-refractivity contribution in [1.82, 2.24) is 9.97 Å². The van der Waals surface area contributed by atoms with Gasteiger partial charge in [0, 0.05) is 19.2 Å². The zero-order chi connectivity index (χ0) is 14.0. The summed E-state index contributed by atoms with van der Waals surface area (Å²) < 4.78 is 40.2. The second-order valence-electron chi connectivity index (χ2n) is 3.50. The topological polar surface area (TPSA) is 49.8 Å². The summed E-state index contributed by atoms with van der Waals surface area (Å²) in [7, 11) is 1.63. The highest BCUT2D eigenvalue weighted by Gasteiger charge is 2.15. The van der Waals surface area contributed by atoms with Gasteiger partial charge in [-0.15, -0.1) is 0 Å². The van der Waals surface area contributed by atoms with Crippen LogP contribution in [0, 0.1) is 17.5 Å². The third-order valence-corrected chi connectivity index (χ3v) is 3.03. The van der Waals surface area contributed by atoms with E-state index in [-0.39, 0.29) is 5.82 Å². The van der Waals surface area contributed by atoms with Crippen LogP contribution in [0.4, 0.5) is 30.5 Å². The largest absolute Gasteiger partial charge is 0.372 e. The average molecular weight is 333 g/mol. The Hall–Kier alpha value is -1.83. The minimum absolute atomic E-state index is 0.156. The van der Waals surface area contributed by atoms with E-state index in [1.54, 1.807) is 7.05 Å². The van der Waals surface area contributed by atoms with Gasteiger partial charge in [0.1, 0.15) is 33.9 Å². The molecule has 0 amide bonds. The van der Waals surface area contributed by atoms with Gasteiger partial charge in [0.15, 0.2) is 11.6 Å². The molecule has 19 heavy (non-hydrogen) atoms. The van der Waals surface area contributed by atoms with Crippen LogP contribution in [0.3, 0.4) is 0 Å². The molecule has 2 aromatic rings. The Balaban J connectivity index is 2.42. The molecule has 4 nitrogen and oxygen atoms in total. The van der Waals surface area contributed by atoms with Crippen LogP contribution in [0.25, 0.3) is 0 Å². The third-order valence-electron chi connectivity index (χ3n) is 2.28. The van der Waals surface area contributed by atoms with Crippen LogP contribution in [0.15, 0.2) is 22.9 Å². The average Bonchev–Trinajstić information content (AvgIpc) is 2.35. The molecule has 1 aromatic heterocycles. The molecule has 1 aromatic carbocycles. The quantitative estimate of drug-likeness (QED) is 0.903. The zero-order valence-electron chi connectivity index (χ0n) is 9.64. The minimum atomic E-state index is -1.05. The fourth-order valence-electron chi connectivity index (χ4n) is 1.41. The number of hydrogen-bond acceptors (Lipinski definition) is 4. The highest BCUT2D eigenvalue weighted by molar-refractivity contribution is 9.10. The van der Waals surface area contributed by atoms with Gasteiger partial charge in [0.2, 0.25) is 0 Å². The molecular weight excluding hydrogens is 325 g/mol. The normalized spacial score (nSPS) is 10.4. The molecule has 0 aliphatic carbocycles. The van der Waals surface area contributed by atoms with Crippen molar-refractivity contribution in [3.63, 3.8) is 0 Å². The van der Waals surface area contributed by atoms with Crippen LogP contribution in [-0.2, 0) is 0 Å². The summed E-state index contributed by atoms with van der Waals surface area (Å²) in [5, 5.41) is 5.23. The van der Waals surface area contributed by atoms with Crippen molar-refractivity contribution in [3.8, 4) is 0 Å². The van der Waals surface area contributed by atoms with Crippen molar-refractivity contribution in [2.24, 2.45) is 0 Å². The van der Waals surface area contributed by atoms with Gasteiger partial charge in [0.25, 0.3) is 0 Å². The van der Waals surface area contributed by atoms with Crippen molar-refractivity contribution < 1.29 is 13.2 Å². The van der Waals surface area contributed by atoms with Crippen LogP contribution < -0.4 is 10.6 Å². The summed E-state index contributed by atoms with van der Waals surface area (Å²) in [6.07, 6.45) is 1.22. The van der Waals surface area contributed by atoms with Crippen LogP contribution >= 0.6 is 15.9 Å². The van der Waals surface area contributed by atoms with Crippen molar-refractivity contribution >= 4 is 33.3 Å². The number of aromatic nitrogens is 2. The van der Waals surface area contributed by atoms with E-state index in [1.807, 2.05) is 0 Å². The van der Waals surface area contributed by atoms with Gasteiger partial charge in [-0.3, -0.25) is 0 Å². The lowest BCUT2D eigenvalue weighted by atomic mass is 10.2. The molecule has 0 aliphatic heterocycles. The molecule has 0 aliphatic rings. The standard InChI is InChI=1S/C11H8BrF3N4/c1-16-10-8(12)11(18-4-17-10)19-9-6(14)2-5(13)3-7(9)15/h2-4H,1H3,(H2,16,17,18,19). The van der Waals surface area contributed by atoms with Crippen LogP contribution in [-0.4, -0.2) is 17.0 Å². The van der Waals surface area contributed by atoms with E-state index in [0.717, 1.165) is 0 Å². The number of nitrogens with zero attached hydrogens (tertiary/aromatic N) is 2. The fourth-order valence-corrected chi connectivity index (χ4v) is 1.91. The van der Waals surface area contributed by atoms with Crippen LogP contribution in [0.2, 0.25) is 0 Å². The van der Waals surface area contributed by atoms with E-state index in [9.17, 15) is 13.2 Å². The number of hydrogen-bond donors (Lipinski definition) is 2. The summed E-state index contributed by atoms with van der Waals surface area (Å²) in [6.45, 7) is 0. The number of rotatable bonds is 3. The lowest BCUT2D eigenvalue weighted by Crippen LogP contribution is -2.03. The van der Waals surface area contributed by atoms with Crippen LogP contribution in [0.5, 0.6) is 0 Å². The Morgan fingerprint density at radius 2 is 1.63 bits per heavy atom. The lowest BCUT2D eigenvalue weighted by molar-refractivity contribution is 0.548. The smallest absolute Gasteiger partial charge is 0.152 e. The van der Waals surface area contributed by atoms with Gasteiger partial charge in [-0.05, 0) is 15.9 Å². The Morgan fingerprint density at radius 1 is 1.05 bits per heavy atom. The van der Waals surface area contributed by atoms with Gasteiger partial charge in [0.05, 0.1) is 0 Å². The van der Waals surface area contributed by atoms with E-state index in [1.165, 1.54) is 6.33 Å². The molecule has 0 atom stereocenters. The molecule has 1 heterocycles. The fraction of sp³-hybridized carbons (Fsp3) is 0.0909. The van der Waals surface area contributed by atoms with Crippen molar-refractivity contribution in [1.29, 1.82) is 0 Å². The van der Waals surface area contributed by atoms with Crippen molar-refractivity contribution in [3.05, 3.63) is 40.4 Å². The Morgan fingerprint density at radius 3 is 2.21 bits per heavy atom. The van der Waals surface area contributed by atoms with E-state index < -0.39 is 23.1 Å². The first-order chi connectivity index (χ1) is 9.02. The molecule has 2 N–H and O–H groups in total. The van der Waals surface area contributed by atoms with E-state index in [4.69, 9.17) is 0 Å². The Bertz CT molecular complexity index is 598. The van der Waals surface area contributed by atoms with Gasteiger partial charge in [-0.2, -0.15) is 0 Å². The van der Waals surface area contributed by atoms with Gasteiger partial charge in [-0.1, -0.05) is 0 Å². The van der Waals surface area contributed by atoms with Crippen molar-refractivity contribution in [2.75, 3.05) is 17.7 Å². The molecule has 0 radical (unpaired) electrons. The predicted octanol–water partition coefficient (Wildman–Crippen LogP) is 3.44. The summed E-state index contributed by atoms with van der Waals surface area (Å²) >= 11 is 3.19. The van der Waals surface area contributed by atoms with Gasteiger partial charge < -0.3 is 10.6 Å². The second-order valence-corrected chi connectivity index (χ2v) is 4.30. The molecule has 0 spiro atoms. The zero-order valence-corrected chi connectivity index (χ0v) is 11.2. The molecule has 0 saturated heterocycles. The van der Waals surface area contributed by atoms with Crippen LogP contribution in [0.1, 0.15) is 0 Å². The Kier molecular flexibility index (Phi) is 3.89. The maximum Gasteiger partial charge on any atom is 0.152 e. The third kappa shape index (κ3) is 2.78. The summed E-state index contributed by atoms with van der Waals surface area (Å²) in [4.78, 5) is 7.75. The number of halogens is 4. The van der Waals surface area contributed by atoms with E-state index in [0.29, 0.717) is 22.4 Å². The monoisotopic (exact) mass is 332 g/mol. The first-order valence-electron chi connectivity index (χ1n) is 5.12. The second kappa shape index (κ2) is 5.43. The number of nitrogens with one attached hydrogen (secondary N) is 2. The molecule has 0 unspecified atom stereocenters. The Labute approximate surface area is 115 Å². The summed E-state index contributed by atoms with van der Waals surface area (Å²) in [5.74, 6) is -2.48. The van der Waals surface area contributed by atoms with E-state index >= 15 is 0 Å². The SMILES string of the molecule is CNc1ncnc(Nc2c(F)cc(F)cc2F)c1Br. The first-order valence-corrected chi connectivity index (χ1v) is 5.92. The highest BCUT2D eigenvalue weighted by atomic mass is 79.9. The van der Waals surface area contributed by atoms with Gasteiger partial charge >= 0.3 is 0 Å². The predicted molar refractivity (Wildman–Crippen MR) is 68.9 cm³/mol. The molecule has 0 bridgehead atoms. The molecule has 0 fully saturated rings. The van der Waals surface area contributed by atoms with Gasteiger partial charge in [-0.25, -0.2) is 23.1 Å². The molecule has 100 valence electrons. The lowest BCUT2D eigenvalue weighted by Gasteiger charge is -2.11.